The predicted molar refractivity (Wildman–Crippen MR) is 64.3 cm³/mol. The van der Waals surface area contributed by atoms with Gasteiger partial charge in [-0.3, -0.25) is 4.79 Å². The van der Waals surface area contributed by atoms with Crippen molar-refractivity contribution in [2.45, 2.75) is 6.54 Å². The highest BCUT2D eigenvalue weighted by atomic mass is 35.5. The monoisotopic (exact) mass is 271 g/mol. The molecule has 0 amide bonds. The Morgan fingerprint density at radius 3 is 2.60 bits per heavy atom. The van der Waals surface area contributed by atoms with E-state index in [1.165, 1.54) is 10.9 Å². The molecule has 0 spiro atoms. The van der Waals surface area contributed by atoms with Gasteiger partial charge in [-0.25, -0.2) is 4.68 Å². The number of nitrogens with zero attached hydrogens (tertiary/aromatic N) is 3. The first-order valence-electron chi connectivity index (χ1n) is 4.08. The Morgan fingerprint density at radius 2 is 2.07 bits per heavy atom. The Hall–Kier alpha value is -0.290. The molecule has 0 aliphatic rings. The molecule has 0 fully saturated rings. The third kappa shape index (κ3) is 3.99. The number of hydrogen-bond donors (Lipinski definition) is 0. The van der Waals surface area contributed by atoms with E-state index in [1.807, 2.05) is 19.0 Å². The average Bonchev–Trinajstić information content (AvgIpc) is 2.13. The fourth-order valence-corrected chi connectivity index (χ4v) is 1.17. The largest absolute Gasteiger partial charge is 0.308 e. The summed E-state index contributed by atoms with van der Waals surface area (Å²) in [6.07, 6.45) is 1.38. The van der Waals surface area contributed by atoms with Gasteiger partial charge in [-0.05, 0) is 14.1 Å². The number of halogens is 3. The van der Waals surface area contributed by atoms with Gasteiger partial charge in [-0.15, -0.1) is 12.4 Å². The zero-order chi connectivity index (χ0) is 10.7. The van der Waals surface area contributed by atoms with Crippen LogP contribution in [-0.4, -0.2) is 35.3 Å². The topological polar surface area (TPSA) is 38.1 Å². The molecule has 1 aromatic rings. The highest BCUT2D eigenvalue weighted by Gasteiger charge is 2.06. The van der Waals surface area contributed by atoms with E-state index in [1.54, 1.807) is 0 Å². The minimum Gasteiger partial charge on any atom is -0.308 e. The molecule has 1 rings (SSSR count). The Morgan fingerprint density at radius 1 is 1.47 bits per heavy atom. The summed E-state index contributed by atoms with van der Waals surface area (Å²) >= 11 is 11.3. The van der Waals surface area contributed by atoms with Crippen LogP contribution >= 0.6 is 35.6 Å². The van der Waals surface area contributed by atoms with E-state index in [9.17, 15) is 4.79 Å². The summed E-state index contributed by atoms with van der Waals surface area (Å²) in [5, 5.41) is 4.09. The molecule has 0 bridgehead atoms. The van der Waals surface area contributed by atoms with Crippen molar-refractivity contribution in [1.82, 2.24) is 14.7 Å². The maximum atomic E-state index is 11.5. The van der Waals surface area contributed by atoms with Gasteiger partial charge in [-0.1, -0.05) is 23.2 Å². The summed E-state index contributed by atoms with van der Waals surface area (Å²) in [5.41, 5.74) is -0.346. The van der Waals surface area contributed by atoms with Gasteiger partial charge in [0.1, 0.15) is 5.02 Å². The molecule has 0 aliphatic carbocycles. The zero-order valence-corrected chi connectivity index (χ0v) is 10.7. The van der Waals surface area contributed by atoms with Crippen molar-refractivity contribution in [3.05, 3.63) is 26.6 Å². The standard InChI is InChI=1S/C8H11Cl2N3O.ClH/c1-12(2)3-4-13-8(14)7(10)6(9)5-11-13;/h5H,3-4H2,1-2H3;1H. The van der Waals surface area contributed by atoms with Crippen LogP contribution in [0.3, 0.4) is 0 Å². The minimum atomic E-state index is -0.346. The smallest absolute Gasteiger partial charge is 0.287 e. The predicted octanol–water partition coefficient (Wildman–Crippen LogP) is 1.53. The van der Waals surface area contributed by atoms with Gasteiger partial charge >= 0.3 is 0 Å². The van der Waals surface area contributed by atoms with Crippen LogP contribution in [-0.2, 0) is 6.54 Å². The van der Waals surface area contributed by atoms with Gasteiger partial charge in [0, 0.05) is 6.54 Å². The van der Waals surface area contributed by atoms with E-state index in [4.69, 9.17) is 23.2 Å². The van der Waals surface area contributed by atoms with Gasteiger partial charge < -0.3 is 4.90 Å². The summed E-state index contributed by atoms with van der Waals surface area (Å²) in [4.78, 5) is 13.4. The van der Waals surface area contributed by atoms with Crippen LogP contribution in [0.25, 0.3) is 0 Å². The fraction of sp³-hybridized carbons (Fsp3) is 0.500. The molecule has 0 aromatic carbocycles. The summed E-state index contributed by atoms with van der Waals surface area (Å²) in [5.74, 6) is 0. The second kappa shape index (κ2) is 6.33. The average molecular weight is 273 g/mol. The molecule has 7 heteroatoms. The molecular formula is C8H12Cl3N3O. The van der Waals surface area contributed by atoms with Crippen molar-refractivity contribution in [3.8, 4) is 0 Å². The number of rotatable bonds is 3. The normalized spacial score (nSPS) is 10.2. The Kier molecular flexibility index (Phi) is 6.20. The minimum absolute atomic E-state index is 0. The van der Waals surface area contributed by atoms with Crippen LogP contribution in [0.2, 0.25) is 10.0 Å². The first kappa shape index (κ1) is 14.7. The van der Waals surface area contributed by atoms with Crippen LogP contribution in [0.4, 0.5) is 0 Å². The van der Waals surface area contributed by atoms with E-state index in [0.29, 0.717) is 6.54 Å². The summed E-state index contributed by atoms with van der Waals surface area (Å²) in [6, 6.07) is 0. The fourth-order valence-electron chi connectivity index (χ4n) is 0.899. The number of likely N-dealkylation sites (N-methyl/N-ethyl adjacent to an activating group) is 1. The molecule has 15 heavy (non-hydrogen) atoms. The Balaban J connectivity index is 0.00000196. The lowest BCUT2D eigenvalue weighted by Crippen LogP contribution is -2.28. The first-order chi connectivity index (χ1) is 6.52. The second-order valence-corrected chi connectivity index (χ2v) is 3.92. The molecule has 86 valence electrons. The molecule has 0 aliphatic heterocycles. The van der Waals surface area contributed by atoms with Crippen LogP contribution in [0, 0.1) is 0 Å². The van der Waals surface area contributed by atoms with Gasteiger partial charge in [0.25, 0.3) is 5.56 Å². The van der Waals surface area contributed by atoms with Crippen LogP contribution in [0.5, 0.6) is 0 Å². The third-order valence-corrected chi connectivity index (χ3v) is 2.45. The second-order valence-electron chi connectivity index (χ2n) is 3.14. The van der Waals surface area contributed by atoms with Crippen molar-refractivity contribution in [3.63, 3.8) is 0 Å². The SMILES string of the molecule is CN(C)CCn1ncc(Cl)c(Cl)c1=O.Cl. The van der Waals surface area contributed by atoms with Crippen molar-refractivity contribution >= 4 is 35.6 Å². The van der Waals surface area contributed by atoms with Crippen molar-refractivity contribution in [1.29, 1.82) is 0 Å². The summed E-state index contributed by atoms with van der Waals surface area (Å²) in [6.45, 7) is 1.23. The van der Waals surface area contributed by atoms with E-state index >= 15 is 0 Å². The molecule has 0 N–H and O–H groups in total. The van der Waals surface area contributed by atoms with Gasteiger partial charge in [0.15, 0.2) is 0 Å². The molecule has 0 saturated carbocycles. The maximum Gasteiger partial charge on any atom is 0.287 e. The Bertz CT molecular complexity index is 378. The van der Waals surface area contributed by atoms with Crippen LogP contribution in [0.15, 0.2) is 11.0 Å². The first-order valence-corrected chi connectivity index (χ1v) is 4.84. The number of aromatic nitrogens is 2. The van der Waals surface area contributed by atoms with Crippen molar-refractivity contribution in [2.24, 2.45) is 0 Å². The van der Waals surface area contributed by atoms with E-state index in [2.05, 4.69) is 5.10 Å². The van der Waals surface area contributed by atoms with E-state index in [0.717, 1.165) is 6.54 Å². The molecule has 0 radical (unpaired) electrons. The third-order valence-electron chi connectivity index (χ3n) is 1.70. The summed E-state index contributed by atoms with van der Waals surface area (Å²) < 4.78 is 1.30. The van der Waals surface area contributed by atoms with E-state index in [-0.39, 0.29) is 28.0 Å². The number of hydrogen-bond acceptors (Lipinski definition) is 3. The highest BCUT2D eigenvalue weighted by Crippen LogP contribution is 2.14. The molecule has 0 atom stereocenters. The molecule has 4 nitrogen and oxygen atoms in total. The lowest BCUT2D eigenvalue weighted by atomic mass is 10.5. The van der Waals surface area contributed by atoms with Gasteiger partial charge in [0.05, 0.1) is 17.8 Å². The molecular weight excluding hydrogens is 260 g/mol. The van der Waals surface area contributed by atoms with Crippen LogP contribution in [0.1, 0.15) is 0 Å². The molecule has 0 saturated heterocycles. The van der Waals surface area contributed by atoms with Crippen molar-refractivity contribution < 1.29 is 0 Å². The molecule has 1 heterocycles. The lowest BCUT2D eigenvalue weighted by Gasteiger charge is -2.10. The van der Waals surface area contributed by atoms with Crippen LogP contribution < -0.4 is 5.56 Å². The lowest BCUT2D eigenvalue weighted by molar-refractivity contribution is 0.367. The molecule has 1 aromatic heterocycles. The zero-order valence-electron chi connectivity index (χ0n) is 8.41. The van der Waals surface area contributed by atoms with Gasteiger partial charge in [0.2, 0.25) is 0 Å². The quantitative estimate of drug-likeness (QED) is 0.838. The molecule has 0 unspecified atom stereocenters. The van der Waals surface area contributed by atoms with Gasteiger partial charge in [-0.2, -0.15) is 5.10 Å². The Labute approximate surface area is 104 Å². The summed E-state index contributed by atoms with van der Waals surface area (Å²) in [7, 11) is 3.84. The highest BCUT2D eigenvalue weighted by molar-refractivity contribution is 6.41. The van der Waals surface area contributed by atoms with E-state index < -0.39 is 0 Å². The maximum absolute atomic E-state index is 11.5. The van der Waals surface area contributed by atoms with Crippen molar-refractivity contribution in [2.75, 3.05) is 20.6 Å².